The molecule has 0 aliphatic carbocycles. The lowest BCUT2D eigenvalue weighted by Crippen LogP contribution is -2.10. The second-order valence-electron chi connectivity index (χ2n) is 9.25. The molecule has 0 aliphatic heterocycles. The van der Waals surface area contributed by atoms with Gasteiger partial charge >= 0.3 is 5.97 Å². The topological polar surface area (TPSA) is 83.8 Å². The number of hydrogen-bond acceptors (Lipinski definition) is 3. The lowest BCUT2D eigenvalue weighted by molar-refractivity contribution is -0.136. The SMILES string of the molecule is Cc1nn(Cc2ccc(-c3nc4ccc(C(C)(C)C)cc4[nH]3)cc2F)c(C)c1CC(=O)O. The molecule has 0 unspecified atom stereocenters. The van der Waals surface area contributed by atoms with Crippen molar-refractivity contribution >= 4 is 17.0 Å². The third-order valence-corrected chi connectivity index (χ3v) is 5.85. The number of aromatic amines is 1. The fourth-order valence-electron chi connectivity index (χ4n) is 3.89. The molecule has 0 saturated heterocycles. The predicted octanol–water partition coefficient (Wildman–Crippen LogP) is 5.16. The summed E-state index contributed by atoms with van der Waals surface area (Å²) >= 11 is 0. The largest absolute Gasteiger partial charge is 0.481 e. The maximum atomic E-state index is 15.0. The van der Waals surface area contributed by atoms with Crippen molar-refractivity contribution in [2.75, 3.05) is 0 Å². The summed E-state index contributed by atoms with van der Waals surface area (Å²) in [5.74, 6) is -0.649. The van der Waals surface area contributed by atoms with E-state index in [1.54, 1.807) is 17.7 Å². The minimum atomic E-state index is -0.910. The highest BCUT2D eigenvalue weighted by Crippen LogP contribution is 2.28. The molecule has 2 aromatic carbocycles. The van der Waals surface area contributed by atoms with Gasteiger partial charge in [-0.05, 0) is 43.0 Å². The van der Waals surface area contributed by atoms with E-state index in [4.69, 9.17) is 5.11 Å². The van der Waals surface area contributed by atoms with E-state index in [9.17, 15) is 9.18 Å². The Morgan fingerprint density at radius 3 is 2.56 bits per heavy atom. The Balaban J connectivity index is 1.62. The molecule has 32 heavy (non-hydrogen) atoms. The summed E-state index contributed by atoms with van der Waals surface area (Å²) in [5.41, 5.74) is 6.20. The number of carboxylic acid groups (broad SMARTS) is 1. The van der Waals surface area contributed by atoms with Crippen LogP contribution in [-0.2, 0) is 23.2 Å². The first-order chi connectivity index (χ1) is 15.0. The quantitative estimate of drug-likeness (QED) is 0.455. The molecule has 4 rings (SSSR count). The van der Waals surface area contributed by atoms with Crippen molar-refractivity contribution in [3.63, 3.8) is 0 Å². The van der Waals surface area contributed by atoms with Crippen molar-refractivity contribution in [1.29, 1.82) is 0 Å². The molecule has 0 spiro atoms. The van der Waals surface area contributed by atoms with Crippen molar-refractivity contribution in [3.8, 4) is 11.4 Å². The molecular formula is C25H27FN4O2. The molecule has 0 amide bonds. The van der Waals surface area contributed by atoms with Gasteiger partial charge in [-0.3, -0.25) is 9.48 Å². The zero-order valence-corrected chi connectivity index (χ0v) is 19.0. The summed E-state index contributed by atoms with van der Waals surface area (Å²) in [6.45, 7) is 10.3. The molecule has 0 saturated carbocycles. The third kappa shape index (κ3) is 4.15. The van der Waals surface area contributed by atoms with Crippen molar-refractivity contribution < 1.29 is 14.3 Å². The molecular weight excluding hydrogens is 407 g/mol. The summed E-state index contributed by atoms with van der Waals surface area (Å²) < 4.78 is 16.6. The average Bonchev–Trinajstić information content (AvgIpc) is 3.24. The second-order valence-corrected chi connectivity index (χ2v) is 9.25. The average molecular weight is 435 g/mol. The molecule has 0 radical (unpaired) electrons. The molecule has 0 bridgehead atoms. The Labute approximate surface area is 186 Å². The fourth-order valence-corrected chi connectivity index (χ4v) is 3.89. The molecule has 2 aromatic heterocycles. The summed E-state index contributed by atoms with van der Waals surface area (Å²) in [7, 11) is 0. The number of aromatic nitrogens is 4. The van der Waals surface area contributed by atoms with Crippen LogP contribution < -0.4 is 0 Å². The first kappa shape index (κ1) is 21.7. The van der Waals surface area contributed by atoms with Gasteiger partial charge < -0.3 is 10.1 Å². The van der Waals surface area contributed by atoms with Crippen LogP contribution in [0.4, 0.5) is 4.39 Å². The number of nitrogens with zero attached hydrogens (tertiary/aromatic N) is 3. The van der Waals surface area contributed by atoms with Crippen molar-refractivity contribution in [1.82, 2.24) is 19.7 Å². The number of fused-ring (bicyclic) bond motifs is 1. The third-order valence-electron chi connectivity index (χ3n) is 5.85. The number of nitrogens with one attached hydrogen (secondary N) is 1. The molecule has 2 N–H and O–H groups in total. The van der Waals surface area contributed by atoms with E-state index in [-0.39, 0.29) is 24.2 Å². The van der Waals surface area contributed by atoms with Gasteiger partial charge in [-0.25, -0.2) is 9.37 Å². The van der Waals surface area contributed by atoms with E-state index in [1.165, 1.54) is 11.6 Å². The molecule has 7 heteroatoms. The highest BCUT2D eigenvalue weighted by atomic mass is 19.1. The lowest BCUT2D eigenvalue weighted by atomic mass is 9.87. The van der Waals surface area contributed by atoms with E-state index in [1.807, 2.05) is 19.1 Å². The van der Waals surface area contributed by atoms with Crippen molar-refractivity contribution in [3.05, 3.63) is 70.3 Å². The van der Waals surface area contributed by atoms with Gasteiger partial charge in [0.2, 0.25) is 0 Å². The summed E-state index contributed by atoms with van der Waals surface area (Å²) in [5, 5.41) is 13.5. The first-order valence-electron chi connectivity index (χ1n) is 10.6. The Kier molecular flexibility index (Phi) is 5.36. The number of aliphatic carboxylic acids is 1. The highest BCUT2D eigenvalue weighted by molar-refractivity contribution is 5.80. The number of halogens is 1. The van der Waals surface area contributed by atoms with Crippen LogP contribution in [0.1, 0.15) is 48.8 Å². The zero-order chi connectivity index (χ0) is 23.2. The van der Waals surface area contributed by atoms with Crippen LogP contribution in [0.5, 0.6) is 0 Å². The van der Waals surface area contributed by atoms with Gasteiger partial charge in [0.05, 0.1) is 29.7 Å². The van der Waals surface area contributed by atoms with Crippen LogP contribution >= 0.6 is 0 Å². The Morgan fingerprint density at radius 2 is 1.91 bits per heavy atom. The van der Waals surface area contributed by atoms with Gasteiger partial charge in [0.15, 0.2) is 0 Å². The van der Waals surface area contributed by atoms with Gasteiger partial charge in [0.1, 0.15) is 11.6 Å². The van der Waals surface area contributed by atoms with Crippen LogP contribution in [0.2, 0.25) is 0 Å². The number of benzene rings is 2. The number of imidazole rings is 1. The van der Waals surface area contributed by atoms with Crippen LogP contribution in [0.3, 0.4) is 0 Å². The standard InChI is InChI=1S/C25H27FN4O2/c1-14-19(12-23(31)32)15(2)30(29-14)13-17-7-6-16(10-20(17)26)24-27-21-9-8-18(25(3,4)5)11-22(21)28-24/h6-11H,12-13H2,1-5H3,(H,27,28)(H,31,32). The molecule has 166 valence electrons. The number of carboxylic acids is 1. The summed E-state index contributed by atoms with van der Waals surface area (Å²) in [4.78, 5) is 19.0. The van der Waals surface area contributed by atoms with Gasteiger partial charge in [0, 0.05) is 22.4 Å². The predicted molar refractivity (Wildman–Crippen MR) is 122 cm³/mol. The molecule has 2 heterocycles. The number of carbonyl (C=O) groups is 1. The van der Waals surface area contributed by atoms with E-state index >= 15 is 0 Å². The second kappa shape index (κ2) is 7.89. The minimum absolute atomic E-state index is 0.0283. The molecule has 4 aromatic rings. The maximum absolute atomic E-state index is 15.0. The van der Waals surface area contributed by atoms with Crippen LogP contribution in [0.15, 0.2) is 36.4 Å². The Hall–Kier alpha value is -3.48. The number of hydrogen-bond donors (Lipinski definition) is 2. The number of aryl methyl sites for hydroxylation is 1. The van der Waals surface area contributed by atoms with Gasteiger partial charge in [-0.2, -0.15) is 5.10 Å². The summed E-state index contributed by atoms with van der Waals surface area (Å²) in [6.07, 6.45) is -0.0952. The number of H-pyrrole nitrogens is 1. The highest BCUT2D eigenvalue weighted by Gasteiger charge is 2.17. The van der Waals surface area contributed by atoms with E-state index in [0.29, 0.717) is 28.2 Å². The first-order valence-corrected chi connectivity index (χ1v) is 10.6. The minimum Gasteiger partial charge on any atom is -0.481 e. The van der Waals surface area contributed by atoms with E-state index < -0.39 is 5.97 Å². The molecule has 0 atom stereocenters. The normalized spacial score (nSPS) is 11.9. The van der Waals surface area contributed by atoms with Crippen LogP contribution in [0, 0.1) is 19.7 Å². The molecule has 0 fully saturated rings. The van der Waals surface area contributed by atoms with Crippen LogP contribution in [-0.4, -0.2) is 30.8 Å². The van der Waals surface area contributed by atoms with Crippen molar-refractivity contribution in [2.24, 2.45) is 0 Å². The van der Waals surface area contributed by atoms with E-state index in [0.717, 1.165) is 16.7 Å². The van der Waals surface area contributed by atoms with Crippen LogP contribution in [0.25, 0.3) is 22.4 Å². The summed E-state index contributed by atoms with van der Waals surface area (Å²) in [6, 6.07) is 11.2. The lowest BCUT2D eigenvalue weighted by Gasteiger charge is -2.18. The van der Waals surface area contributed by atoms with Gasteiger partial charge in [-0.1, -0.05) is 39.0 Å². The molecule has 6 nitrogen and oxygen atoms in total. The zero-order valence-electron chi connectivity index (χ0n) is 19.0. The monoisotopic (exact) mass is 434 g/mol. The van der Waals surface area contributed by atoms with E-state index in [2.05, 4.69) is 48.0 Å². The fraction of sp³-hybridized carbons (Fsp3) is 0.320. The smallest absolute Gasteiger partial charge is 0.307 e. The van der Waals surface area contributed by atoms with Crippen molar-refractivity contribution in [2.45, 2.75) is 53.0 Å². The Bertz CT molecular complexity index is 1330. The Morgan fingerprint density at radius 1 is 1.16 bits per heavy atom. The van der Waals surface area contributed by atoms with Gasteiger partial charge in [0.25, 0.3) is 0 Å². The van der Waals surface area contributed by atoms with Gasteiger partial charge in [-0.15, -0.1) is 0 Å². The maximum Gasteiger partial charge on any atom is 0.307 e. The number of rotatable bonds is 5. The molecule has 0 aliphatic rings.